The Hall–Kier alpha value is -3.95. The van der Waals surface area contributed by atoms with Gasteiger partial charge in [0.1, 0.15) is 23.3 Å². The number of carbonyl (C=O) groups excluding carboxylic acids is 3. The Balaban J connectivity index is 1.49. The summed E-state index contributed by atoms with van der Waals surface area (Å²) >= 11 is 0. The van der Waals surface area contributed by atoms with Crippen molar-refractivity contribution in [2.75, 3.05) is 31.8 Å². The molecule has 1 N–H and O–H groups in total. The number of ether oxygens (including phenoxy) is 3. The molecule has 0 radical (unpaired) electrons. The molecule has 43 heavy (non-hydrogen) atoms. The van der Waals surface area contributed by atoms with Crippen LogP contribution >= 0.6 is 0 Å². The van der Waals surface area contributed by atoms with Crippen molar-refractivity contribution in [1.29, 1.82) is 0 Å². The summed E-state index contributed by atoms with van der Waals surface area (Å²) in [7, 11) is 1.58. The number of aliphatic hydroxyl groups excluding tert-OH is 1. The zero-order valence-electron chi connectivity index (χ0n) is 24.6. The van der Waals surface area contributed by atoms with Crippen molar-refractivity contribution in [3.05, 3.63) is 84.5 Å². The molecule has 1 unspecified atom stereocenters. The summed E-state index contributed by atoms with van der Waals surface area (Å²) < 4.78 is 17.9. The van der Waals surface area contributed by atoms with Crippen LogP contribution in [0.15, 0.2) is 78.9 Å². The number of rotatable bonds is 6. The molecule has 0 bridgehead atoms. The Morgan fingerprint density at radius 1 is 0.977 bits per heavy atom. The van der Waals surface area contributed by atoms with Gasteiger partial charge in [0.2, 0.25) is 5.91 Å². The first-order valence-corrected chi connectivity index (χ1v) is 15.0. The van der Waals surface area contributed by atoms with Gasteiger partial charge in [0.15, 0.2) is 0 Å². The summed E-state index contributed by atoms with van der Waals surface area (Å²) in [4.78, 5) is 46.3. The van der Waals surface area contributed by atoms with Crippen LogP contribution in [0.1, 0.15) is 31.7 Å². The van der Waals surface area contributed by atoms with Gasteiger partial charge in [-0.3, -0.25) is 14.4 Å². The number of allylic oxidation sites excluding steroid dienone is 1. The number of likely N-dealkylation sites (tertiary alicyclic amines) is 1. The lowest BCUT2D eigenvalue weighted by atomic mass is 9.74. The van der Waals surface area contributed by atoms with Crippen LogP contribution in [0.25, 0.3) is 0 Å². The highest BCUT2D eigenvalue weighted by Gasteiger charge is 2.75. The van der Waals surface area contributed by atoms with Gasteiger partial charge in [-0.05, 0) is 62.4 Å². The molecular formula is C34H38N2O7. The third kappa shape index (κ3) is 4.94. The number of nitrogens with zero attached hydrogens (tertiary/aromatic N) is 2. The van der Waals surface area contributed by atoms with E-state index in [-0.39, 0.29) is 25.7 Å². The van der Waals surface area contributed by atoms with Crippen LogP contribution in [0.2, 0.25) is 0 Å². The molecule has 9 heteroatoms. The van der Waals surface area contributed by atoms with Gasteiger partial charge < -0.3 is 29.1 Å². The third-order valence-corrected chi connectivity index (χ3v) is 9.24. The molecule has 1 spiro atoms. The second-order valence-electron chi connectivity index (χ2n) is 11.9. The van der Waals surface area contributed by atoms with E-state index in [0.29, 0.717) is 17.9 Å². The second-order valence-corrected chi connectivity index (χ2v) is 11.9. The maximum Gasteiger partial charge on any atom is 0.313 e. The first kappa shape index (κ1) is 29.1. The summed E-state index contributed by atoms with van der Waals surface area (Å²) in [5.41, 5.74) is -1.07. The van der Waals surface area contributed by atoms with Crippen molar-refractivity contribution < 1.29 is 33.7 Å². The minimum absolute atomic E-state index is 0.242. The molecule has 2 amide bonds. The number of carbonyl (C=O) groups is 3. The summed E-state index contributed by atoms with van der Waals surface area (Å²) in [5, 5.41) is 10.7. The molecule has 2 aromatic carbocycles. The van der Waals surface area contributed by atoms with Gasteiger partial charge in [0, 0.05) is 12.2 Å². The largest absolute Gasteiger partial charge is 0.497 e. The van der Waals surface area contributed by atoms with Gasteiger partial charge in [0.25, 0.3) is 5.91 Å². The van der Waals surface area contributed by atoms with Crippen molar-refractivity contribution >= 4 is 23.5 Å². The van der Waals surface area contributed by atoms with Crippen LogP contribution in [-0.4, -0.2) is 77.9 Å². The number of aliphatic hydroxyl groups is 1. The third-order valence-electron chi connectivity index (χ3n) is 9.24. The molecule has 0 aromatic heterocycles. The summed E-state index contributed by atoms with van der Waals surface area (Å²) in [5.74, 6) is -2.58. The topological polar surface area (TPSA) is 106 Å². The highest BCUT2D eigenvalue weighted by molar-refractivity contribution is 6.05. The van der Waals surface area contributed by atoms with E-state index >= 15 is 0 Å². The minimum Gasteiger partial charge on any atom is -0.497 e. The molecular weight excluding hydrogens is 548 g/mol. The number of cyclic esters (lactones) is 1. The average molecular weight is 587 g/mol. The second kappa shape index (κ2) is 11.6. The van der Waals surface area contributed by atoms with E-state index < -0.39 is 47.0 Å². The minimum atomic E-state index is -1.45. The quantitative estimate of drug-likeness (QED) is 0.408. The molecule has 2 fully saturated rings. The SMILES string of the molecule is COc1ccc(N2CC=C[C@]34O[C@@]5(C)/C=C\CCCCOC(=O)[C@H]5[C@H]3C(=O)N([C@@H](CO)Cc3ccccc3)C4C2=O)cc1. The van der Waals surface area contributed by atoms with Gasteiger partial charge in [0.05, 0.1) is 37.9 Å². The molecule has 0 saturated carbocycles. The summed E-state index contributed by atoms with van der Waals surface area (Å²) in [6.45, 7) is 1.93. The molecule has 0 aliphatic carbocycles. The number of methoxy groups -OCH3 is 1. The molecule has 9 nitrogen and oxygen atoms in total. The van der Waals surface area contributed by atoms with Crippen LogP contribution < -0.4 is 9.64 Å². The molecule has 2 aromatic rings. The number of esters is 1. The van der Waals surface area contributed by atoms with Gasteiger partial charge in [-0.1, -0.05) is 54.6 Å². The predicted molar refractivity (Wildman–Crippen MR) is 159 cm³/mol. The molecule has 4 heterocycles. The summed E-state index contributed by atoms with van der Waals surface area (Å²) in [6, 6.07) is 14.9. The molecule has 6 rings (SSSR count). The standard InChI is InChI=1S/C34H38N2O7/c1-33-17-8-3-4-9-20-42-32(40)28(33)27-30(38)36(25(22-37)21-23-11-6-5-7-12-23)29-31(39)35(19-10-18-34(27,29)43-33)24-13-15-26(41-2)16-14-24/h5-8,10-18,25,27-29,37H,3-4,9,19-22H2,1-2H3/b17-8-/t25-,27+,28-,29?,33+,34+/m1/s1. The van der Waals surface area contributed by atoms with E-state index in [2.05, 4.69) is 0 Å². The Bertz CT molecular complexity index is 1420. The van der Waals surface area contributed by atoms with Gasteiger partial charge in [-0.2, -0.15) is 0 Å². The van der Waals surface area contributed by atoms with E-state index in [1.54, 1.807) is 49.3 Å². The highest BCUT2D eigenvalue weighted by Crippen LogP contribution is 2.57. The summed E-state index contributed by atoms with van der Waals surface area (Å²) in [6.07, 6.45) is 10.2. The monoisotopic (exact) mass is 586 g/mol. The Kier molecular flexibility index (Phi) is 7.87. The predicted octanol–water partition coefficient (Wildman–Crippen LogP) is 3.46. The van der Waals surface area contributed by atoms with Crippen molar-refractivity contribution in [2.45, 2.75) is 55.9 Å². The lowest BCUT2D eigenvalue weighted by Crippen LogP contribution is -2.59. The maximum absolute atomic E-state index is 14.8. The Labute approximate surface area is 251 Å². The Morgan fingerprint density at radius 2 is 1.74 bits per heavy atom. The fourth-order valence-corrected chi connectivity index (χ4v) is 7.26. The van der Waals surface area contributed by atoms with Gasteiger partial charge in [-0.15, -0.1) is 0 Å². The number of hydrogen-bond donors (Lipinski definition) is 1. The zero-order valence-corrected chi connectivity index (χ0v) is 24.6. The Morgan fingerprint density at radius 3 is 2.47 bits per heavy atom. The molecule has 226 valence electrons. The number of fused-ring (bicyclic) bond motifs is 2. The first-order chi connectivity index (χ1) is 20.8. The van der Waals surface area contributed by atoms with Crippen LogP contribution in [0.5, 0.6) is 5.75 Å². The van der Waals surface area contributed by atoms with Crippen LogP contribution in [0.3, 0.4) is 0 Å². The highest BCUT2D eigenvalue weighted by atomic mass is 16.6. The smallest absolute Gasteiger partial charge is 0.313 e. The van der Waals surface area contributed by atoms with Crippen LogP contribution in [-0.2, 0) is 30.3 Å². The number of amides is 2. The van der Waals surface area contributed by atoms with Crippen molar-refractivity contribution in [3.8, 4) is 5.75 Å². The normalized spacial score (nSPS) is 31.9. The molecule has 4 aliphatic heterocycles. The zero-order chi connectivity index (χ0) is 30.2. The number of benzene rings is 2. The fourth-order valence-electron chi connectivity index (χ4n) is 7.26. The van der Waals surface area contributed by atoms with Crippen molar-refractivity contribution in [3.63, 3.8) is 0 Å². The van der Waals surface area contributed by atoms with E-state index in [0.717, 1.165) is 24.8 Å². The fraction of sp³-hybridized carbons (Fsp3) is 0.441. The number of hydrogen-bond acceptors (Lipinski definition) is 7. The van der Waals surface area contributed by atoms with E-state index in [1.165, 1.54) is 4.90 Å². The molecule has 4 aliphatic rings. The molecule has 6 atom stereocenters. The van der Waals surface area contributed by atoms with Crippen LogP contribution in [0, 0.1) is 11.8 Å². The lowest BCUT2D eigenvalue weighted by molar-refractivity contribution is -0.160. The van der Waals surface area contributed by atoms with E-state index in [4.69, 9.17) is 14.2 Å². The average Bonchev–Trinajstić information content (AvgIpc) is 3.35. The van der Waals surface area contributed by atoms with Crippen molar-refractivity contribution in [1.82, 2.24) is 4.90 Å². The first-order valence-electron chi connectivity index (χ1n) is 15.0. The van der Waals surface area contributed by atoms with Gasteiger partial charge >= 0.3 is 5.97 Å². The lowest BCUT2D eigenvalue weighted by Gasteiger charge is -2.40. The maximum atomic E-state index is 14.8. The van der Waals surface area contributed by atoms with Crippen molar-refractivity contribution in [2.24, 2.45) is 11.8 Å². The van der Waals surface area contributed by atoms with Gasteiger partial charge in [-0.25, -0.2) is 0 Å². The van der Waals surface area contributed by atoms with E-state index in [1.807, 2.05) is 48.6 Å². The number of anilines is 1. The van der Waals surface area contributed by atoms with Crippen LogP contribution in [0.4, 0.5) is 5.69 Å². The van der Waals surface area contributed by atoms with E-state index in [9.17, 15) is 19.5 Å². The molecule has 2 saturated heterocycles.